The Balaban J connectivity index is 1.81. The molecule has 1 aromatic heterocycles. The Hall–Kier alpha value is -4.00. The normalized spacial score (nSPS) is 17.4. The molecule has 0 saturated carbocycles. The first kappa shape index (κ1) is 22.2. The van der Waals surface area contributed by atoms with E-state index >= 15 is 0 Å². The van der Waals surface area contributed by atoms with Crippen LogP contribution in [0.2, 0.25) is 0 Å². The third-order valence-corrected chi connectivity index (χ3v) is 5.61. The average molecular weight is 447 g/mol. The van der Waals surface area contributed by atoms with Crippen LogP contribution in [0, 0.1) is 0 Å². The molecule has 2 heterocycles. The van der Waals surface area contributed by atoms with Gasteiger partial charge < -0.3 is 24.1 Å². The predicted octanol–water partition coefficient (Wildman–Crippen LogP) is 4.37. The van der Waals surface area contributed by atoms with E-state index in [1.165, 1.54) is 11.2 Å². The number of hydrogen-bond acceptors (Lipinski definition) is 6. The van der Waals surface area contributed by atoms with Gasteiger partial charge in [0, 0.05) is 25.3 Å². The summed E-state index contributed by atoms with van der Waals surface area (Å²) in [5.74, 6) is -0.425. The fourth-order valence-electron chi connectivity index (χ4n) is 3.95. The third-order valence-electron chi connectivity index (χ3n) is 5.61. The number of Topliss-reactive ketones (excluding diaryl/α,β-unsaturated/α-hetero) is 1. The van der Waals surface area contributed by atoms with Crippen molar-refractivity contribution in [1.82, 2.24) is 4.90 Å². The molecule has 1 N–H and O–H groups in total. The summed E-state index contributed by atoms with van der Waals surface area (Å²) in [5, 5.41) is 11.2. The predicted molar refractivity (Wildman–Crippen MR) is 125 cm³/mol. The van der Waals surface area contributed by atoms with E-state index in [1.807, 2.05) is 50.2 Å². The van der Waals surface area contributed by atoms with Crippen LogP contribution in [0.4, 0.5) is 5.69 Å². The molecule has 1 aliphatic rings. The summed E-state index contributed by atoms with van der Waals surface area (Å²) in [6.07, 6.45) is 1.52. The van der Waals surface area contributed by atoms with Crippen molar-refractivity contribution in [1.29, 1.82) is 0 Å². The monoisotopic (exact) mass is 446 g/mol. The molecule has 0 bridgehead atoms. The molecule has 4 rings (SSSR count). The first-order chi connectivity index (χ1) is 15.9. The van der Waals surface area contributed by atoms with Gasteiger partial charge in [-0.15, -0.1) is 0 Å². The Kier molecular flexibility index (Phi) is 6.22. The molecule has 1 amide bonds. The number of rotatable bonds is 7. The minimum atomic E-state index is -0.752. The third kappa shape index (κ3) is 4.35. The highest BCUT2D eigenvalue weighted by Gasteiger charge is 2.46. The highest BCUT2D eigenvalue weighted by atomic mass is 16.5. The number of amides is 1. The van der Waals surface area contributed by atoms with Crippen molar-refractivity contribution < 1.29 is 23.8 Å². The summed E-state index contributed by atoms with van der Waals surface area (Å²) in [6, 6.07) is 17.1. The van der Waals surface area contributed by atoms with Crippen LogP contribution < -0.4 is 9.64 Å². The second-order valence-electron chi connectivity index (χ2n) is 7.95. The molecule has 0 spiro atoms. The number of carbonyl (C=O) groups excluding carboxylic acids is 2. The summed E-state index contributed by atoms with van der Waals surface area (Å²) in [5.41, 5.74) is 2.18. The number of aliphatic hydroxyl groups is 1. The Morgan fingerprint density at radius 1 is 1.06 bits per heavy atom. The van der Waals surface area contributed by atoms with E-state index in [9.17, 15) is 14.7 Å². The van der Waals surface area contributed by atoms with Crippen molar-refractivity contribution >= 4 is 23.1 Å². The van der Waals surface area contributed by atoms with Crippen LogP contribution in [0.15, 0.2) is 76.9 Å². The number of likely N-dealkylation sites (tertiary alicyclic amines) is 1. The standard InChI is InChI=1S/C26H26N2O5/c1-4-32-20-13-9-18(10-14-20)24(29)22-23(17-7-11-19(12-8-17)27(2)3)28(26(31)25(22)30)16-21-6-5-15-33-21/h5-15,23,29H,4,16H2,1-3H3/t23-/m0/s1. The molecular weight excluding hydrogens is 420 g/mol. The van der Waals surface area contributed by atoms with E-state index in [2.05, 4.69) is 0 Å². The van der Waals surface area contributed by atoms with E-state index in [0.717, 1.165) is 11.3 Å². The molecule has 7 heteroatoms. The molecule has 2 aromatic carbocycles. The van der Waals surface area contributed by atoms with Gasteiger partial charge in [0.25, 0.3) is 11.7 Å². The van der Waals surface area contributed by atoms with Crippen molar-refractivity contribution in [3.8, 4) is 5.75 Å². The number of aliphatic hydroxyl groups excluding tert-OH is 1. The zero-order chi connectivity index (χ0) is 23.5. The SMILES string of the molecule is CCOc1ccc(C(O)=C2C(=O)C(=O)N(Cc3ccco3)[C@H]2c2ccc(N(C)C)cc2)cc1. The lowest BCUT2D eigenvalue weighted by molar-refractivity contribution is -0.140. The lowest BCUT2D eigenvalue weighted by Gasteiger charge is -2.25. The van der Waals surface area contributed by atoms with Crippen LogP contribution in [0.1, 0.15) is 29.9 Å². The molecule has 0 unspecified atom stereocenters. The van der Waals surface area contributed by atoms with Crippen LogP contribution in [0.3, 0.4) is 0 Å². The zero-order valence-electron chi connectivity index (χ0n) is 18.8. The van der Waals surface area contributed by atoms with Crippen LogP contribution in [-0.4, -0.2) is 42.4 Å². The maximum absolute atomic E-state index is 13.1. The van der Waals surface area contributed by atoms with Crippen molar-refractivity contribution in [2.75, 3.05) is 25.6 Å². The van der Waals surface area contributed by atoms with Gasteiger partial charge in [-0.2, -0.15) is 0 Å². The molecule has 3 aromatic rings. The molecular formula is C26H26N2O5. The average Bonchev–Trinajstić information content (AvgIpc) is 3.42. The lowest BCUT2D eigenvalue weighted by atomic mass is 9.95. The van der Waals surface area contributed by atoms with E-state index in [1.54, 1.807) is 36.4 Å². The Bertz CT molecular complexity index is 1160. The van der Waals surface area contributed by atoms with E-state index in [4.69, 9.17) is 9.15 Å². The van der Waals surface area contributed by atoms with Gasteiger partial charge in [-0.05, 0) is 61.0 Å². The first-order valence-electron chi connectivity index (χ1n) is 10.7. The fourth-order valence-corrected chi connectivity index (χ4v) is 3.95. The van der Waals surface area contributed by atoms with Gasteiger partial charge in [0.2, 0.25) is 0 Å². The van der Waals surface area contributed by atoms with Gasteiger partial charge in [-0.25, -0.2) is 0 Å². The summed E-state index contributed by atoms with van der Waals surface area (Å²) in [7, 11) is 3.87. The number of benzene rings is 2. The molecule has 1 saturated heterocycles. The quantitative estimate of drug-likeness (QED) is 0.330. The van der Waals surface area contributed by atoms with Crippen LogP contribution >= 0.6 is 0 Å². The Morgan fingerprint density at radius 2 is 1.76 bits per heavy atom. The number of hydrogen-bond donors (Lipinski definition) is 1. The van der Waals surface area contributed by atoms with E-state index in [0.29, 0.717) is 23.7 Å². The zero-order valence-corrected chi connectivity index (χ0v) is 18.8. The summed E-state index contributed by atoms with van der Waals surface area (Å²) in [6.45, 7) is 2.51. The minimum absolute atomic E-state index is 0.0494. The number of ketones is 1. The number of ether oxygens (including phenoxy) is 1. The van der Waals surface area contributed by atoms with Crippen molar-refractivity contribution in [2.45, 2.75) is 19.5 Å². The molecule has 0 radical (unpaired) electrons. The van der Waals surface area contributed by atoms with Crippen molar-refractivity contribution in [3.63, 3.8) is 0 Å². The molecule has 170 valence electrons. The van der Waals surface area contributed by atoms with Gasteiger partial charge in [0.1, 0.15) is 17.3 Å². The lowest BCUT2D eigenvalue weighted by Crippen LogP contribution is -2.29. The van der Waals surface area contributed by atoms with Crippen LogP contribution in [0.25, 0.3) is 5.76 Å². The molecule has 0 aliphatic carbocycles. The fraction of sp³-hybridized carbons (Fsp3) is 0.231. The van der Waals surface area contributed by atoms with Crippen molar-refractivity contribution in [3.05, 3.63) is 89.4 Å². The maximum Gasteiger partial charge on any atom is 0.296 e. The van der Waals surface area contributed by atoms with Gasteiger partial charge in [0.05, 0.1) is 31.0 Å². The molecule has 1 atom stereocenters. The smallest absolute Gasteiger partial charge is 0.296 e. The molecule has 1 aliphatic heterocycles. The highest BCUT2D eigenvalue weighted by Crippen LogP contribution is 2.40. The van der Waals surface area contributed by atoms with Gasteiger partial charge in [-0.1, -0.05) is 12.1 Å². The van der Waals surface area contributed by atoms with Gasteiger partial charge in [-0.3, -0.25) is 9.59 Å². The van der Waals surface area contributed by atoms with Gasteiger partial charge in [0.15, 0.2) is 0 Å². The summed E-state index contributed by atoms with van der Waals surface area (Å²) in [4.78, 5) is 29.6. The van der Waals surface area contributed by atoms with Crippen molar-refractivity contribution in [2.24, 2.45) is 0 Å². The number of anilines is 1. The number of carbonyl (C=O) groups is 2. The highest BCUT2D eigenvalue weighted by molar-refractivity contribution is 6.46. The van der Waals surface area contributed by atoms with Crippen LogP contribution in [0.5, 0.6) is 5.75 Å². The molecule has 33 heavy (non-hydrogen) atoms. The van der Waals surface area contributed by atoms with Gasteiger partial charge >= 0.3 is 0 Å². The Morgan fingerprint density at radius 3 is 2.33 bits per heavy atom. The van der Waals surface area contributed by atoms with Crippen LogP contribution in [-0.2, 0) is 16.1 Å². The summed E-state index contributed by atoms with van der Waals surface area (Å²) >= 11 is 0. The summed E-state index contributed by atoms with van der Waals surface area (Å²) < 4.78 is 10.9. The molecule has 1 fully saturated rings. The van der Waals surface area contributed by atoms with E-state index < -0.39 is 17.7 Å². The second kappa shape index (κ2) is 9.24. The number of furan rings is 1. The second-order valence-corrected chi connectivity index (χ2v) is 7.95. The topological polar surface area (TPSA) is 83.2 Å². The number of nitrogens with zero attached hydrogens (tertiary/aromatic N) is 2. The minimum Gasteiger partial charge on any atom is -0.507 e. The Labute approximate surface area is 192 Å². The maximum atomic E-state index is 13.1. The van der Waals surface area contributed by atoms with E-state index in [-0.39, 0.29) is 17.9 Å². The largest absolute Gasteiger partial charge is 0.507 e. The first-order valence-corrected chi connectivity index (χ1v) is 10.7. The molecule has 7 nitrogen and oxygen atoms in total.